The average Bonchev–Trinajstić information content (AvgIpc) is 2.95. The number of hydrogen-bond acceptors (Lipinski definition) is 7. The molecule has 10 nitrogen and oxygen atoms in total. The van der Waals surface area contributed by atoms with Crippen LogP contribution in [0.4, 0.5) is 4.79 Å². The van der Waals surface area contributed by atoms with Gasteiger partial charge in [0.25, 0.3) is 0 Å². The third-order valence-corrected chi connectivity index (χ3v) is 2.50. The highest BCUT2D eigenvalue weighted by Crippen LogP contribution is 1.99. The van der Waals surface area contributed by atoms with Crippen molar-refractivity contribution in [1.82, 2.24) is 20.8 Å². The van der Waals surface area contributed by atoms with E-state index in [2.05, 4.69) is 25.5 Å². The van der Waals surface area contributed by atoms with Crippen molar-refractivity contribution in [2.24, 2.45) is 0 Å². The van der Waals surface area contributed by atoms with Crippen LogP contribution in [0.3, 0.4) is 0 Å². The van der Waals surface area contributed by atoms with Crippen LogP contribution in [0.25, 0.3) is 0 Å². The average molecular weight is 300 g/mol. The molecule has 1 aromatic heterocycles. The van der Waals surface area contributed by atoms with Crippen LogP contribution in [0.1, 0.15) is 18.7 Å². The fourth-order valence-corrected chi connectivity index (χ4v) is 1.42. The minimum Gasteiger partial charge on any atom is -0.480 e. The number of carbonyl (C=O) groups excluding carboxylic acids is 2. The molecule has 0 aromatic carbocycles. The summed E-state index contributed by atoms with van der Waals surface area (Å²) in [7, 11) is 1.20. The van der Waals surface area contributed by atoms with Crippen molar-refractivity contribution in [3.63, 3.8) is 0 Å². The molecule has 0 spiro atoms. The molecule has 116 valence electrons. The fraction of sp³-hybridized carbons (Fsp3) is 0.545. The standard InChI is InChI=1S/C11H16N4O6/c1-20-9(16)3-2-7(10(17)18)15-11(19)12-5-4-8-13-6-14-21-8/h6-7H,2-5H2,1H3,(H,17,18)(H2,12,15,19)/t7-/m1/s1. The third-order valence-electron chi connectivity index (χ3n) is 2.50. The Morgan fingerprint density at radius 3 is 2.81 bits per heavy atom. The molecule has 1 rings (SSSR count). The van der Waals surface area contributed by atoms with Gasteiger partial charge in [0.15, 0.2) is 6.33 Å². The van der Waals surface area contributed by atoms with E-state index in [4.69, 9.17) is 9.63 Å². The first-order chi connectivity index (χ1) is 10.0. The highest BCUT2D eigenvalue weighted by molar-refractivity contribution is 5.83. The summed E-state index contributed by atoms with van der Waals surface area (Å²) in [5.74, 6) is -1.42. The van der Waals surface area contributed by atoms with Crippen molar-refractivity contribution in [3.8, 4) is 0 Å². The van der Waals surface area contributed by atoms with E-state index in [-0.39, 0.29) is 19.4 Å². The van der Waals surface area contributed by atoms with Crippen LogP contribution in [0.15, 0.2) is 10.9 Å². The largest absolute Gasteiger partial charge is 0.480 e. The minimum absolute atomic E-state index is 0.0565. The van der Waals surface area contributed by atoms with Gasteiger partial charge >= 0.3 is 18.0 Å². The lowest BCUT2D eigenvalue weighted by Crippen LogP contribution is -2.46. The quantitative estimate of drug-likeness (QED) is 0.535. The number of esters is 1. The molecule has 0 radical (unpaired) electrons. The molecular formula is C11H16N4O6. The molecule has 2 amide bonds. The number of methoxy groups -OCH3 is 1. The molecule has 1 aromatic rings. The Morgan fingerprint density at radius 1 is 1.48 bits per heavy atom. The molecule has 1 atom stereocenters. The summed E-state index contributed by atoms with van der Waals surface area (Å²) in [6.45, 7) is 0.206. The highest BCUT2D eigenvalue weighted by atomic mass is 16.5. The number of aromatic nitrogens is 2. The Hall–Kier alpha value is -2.65. The van der Waals surface area contributed by atoms with Crippen molar-refractivity contribution < 1.29 is 28.8 Å². The molecule has 10 heteroatoms. The van der Waals surface area contributed by atoms with Crippen molar-refractivity contribution in [2.45, 2.75) is 25.3 Å². The van der Waals surface area contributed by atoms with E-state index < -0.39 is 24.0 Å². The first-order valence-electron chi connectivity index (χ1n) is 6.12. The monoisotopic (exact) mass is 300 g/mol. The van der Waals surface area contributed by atoms with Crippen LogP contribution in [0.5, 0.6) is 0 Å². The predicted molar refractivity (Wildman–Crippen MR) is 67.2 cm³/mol. The Labute approximate surface area is 119 Å². The molecule has 0 saturated carbocycles. The molecule has 3 N–H and O–H groups in total. The number of hydrogen-bond donors (Lipinski definition) is 3. The first kappa shape index (κ1) is 16.4. The van der Waals surface area contributed by atoms with E-state index in [1.54, 1.807) is 0 Å². The van der Waals surface area contributed by atoms with Crippen LogP contribution in [0.2, 0.25) is 0 Å². The summed E-state index contributed by atoms with van der Waals surface area (Å²) in [4.78, 5) is 37.2. The van der Waals surface area contributed by atoms with Gasteiger partial charge in [0.05, 0.1) is 7.11 Å². The molecule has 1 heterocycles. The summed E-state index contributed by atoms with van der Waals surface area (Å²) < 4.78 is 9.14. The predicted octanol–water partition coefficient (Wildman–Crippen LogP) is -0.682. The molecule has 0 aliphatic carbocycles. The van der Waals surface area contributed by atoms with Gasteiger partial charge in [-0.1, -0.05) is 5.16 Å². The minimum atomic E-state index is -1.23. The zero-order chi connectivity index (χ0) is 15.7. The van der Waals surface area contributed by atoms with Crippen molar-refractivity contribution in [3.05, 3.63) is 12.2 Å². The zero-order valence-corrected chi connectivity index (χ0v) is 11.4. The molecule has 0 aliphatic heterocycles. The Bertz CT molecular complexity index is 475. The Kier molecular flexibility index (Phi) is 6.65. The number of rotatable bonds is 8. The number of nitrogens with one attached hydrogen (secondary N) is 2. The Balaban J connectivity index is 2.31. The summed E-state index contributed by atoms with van der Waals surface area (Å²) in [5, 5.41) is 17.1. The van der Waals surface area contributed by atoms with Crippen molar-refractivity contribution in [2.75, 3.05) is 13.7 Å². The molecule has 0 aliphatic rings. The highest BCUT2D eigenvalue weighted by Gasteiger charge is 2.21. The van der Waals surface area contributed by atoms with E-state index in [9.17, 15) is 14.4 Å². The van der Waals surface area contributed by atoms with Gasteiger partial charge in [-0.25, -0.2) is 9.59 Å². The number of aliphatic carboxylic acids is 1. The smallest absolute Gasteiger partial charge is 0.326 e. The van der Waals surface area contributed by atoms with Crippen LogP contribution >= 0.6 is 0 Å². The lowest BCUT2D eigenvalue weighted by atomic mass is 10.1. The molecule has 21 heavy (non-hydrogen) atoms. The van der Waals surface area contributed by atoms with Crippen LogP contribution < -0.4 is 10.6 Å². The van der Waals surface area contributed by atoms with Gasteiger partial charge in [0, 0.05) is 19.4 Å². The second kappa shape index (κ2) is 8.51. The number of carbonyl (C=O) groups is 3. The molecule has 0 fully saturated rings. The SMILES string of the molecule is COC(=O)CC[C@@H](NC(=O)NCCc1ncno1)C(=O)O. The topological polar surface area (TPSA) is 144 Å². The van der Waals surface area contributed by atoms with Crippen LogP contribution in [-0.2, 0) is 20.7 Å². The molecule has 0 saturated heterocycles. The van der Waals surface area contributed by atoms with Gasteiger partial charge in [-0.3, -0.25) is 4.79 Å². The maximum atomic E-state index is 11.5. The number of carboxylic acid groups (broad SMARTS) is 1. The van der Waals surface area contributed by atoms with E-state index in [1.165, 1.54) is 13.4 Å². The maximum Gasteiger partial charge on any atom is 0.326 e. The van der Waals surface area contributed by atoms with Gasteiger partial charge in [-0.05, 0) is 6.42 Å². The van der Waals surface area contributed by atoms with E-state index in [0.29, 0.717) is 12.3 Å². The van der Waals surface area contributed by atoms with E-state index >= 15 is 0 Å². The maximum absolute atomic E-state index is 11.5. The molecule has 0 bridgehead atoms. The molecular weight excluding hydrogens is 284 g/mol. The second-order valence-corrected chi connectivity index (χ2v) is 3.99. The molecule has 0 unspecified atom stereocenters. The Morgan fingerprint density at radius 2 is 2.24 bits per heavy atom. The van der Waals surface area contributed by atoms with Gasteiger partial charge in [0.1, 0.15) is 6.04 Å². The number of carboxylic acids is 1. The van der Waals surface area contributed by atoms with Crippen molar-refractivity contribution in [1.29, 1.82) is 0 Å². The number of nitrogens with zero attached hydrogens (tertiary/aromatic N) is 2. The summed E-state index contributed by atoms with van der Waals surface area (Å²) in [6, 6.07) is -1.83. The summed E-state index contributed by atoms with van der Waals surface area (Å²) in [6.07, 6.45) is 1.41. The zero-order valence-electron chi connectivity index (χ0n) is 11.4. The van der Waals surface area contributed by atoms with Gasteiger partial charge < -0.3 is 25.0 Å². The third kappa shape index (κ3) is 6.36. The van der Waals surface area contributed by atoms with E-state index in [0.717, 1.165) is 0 Å². The summed E-state index contributed by atoms with van der Waals surface area (Å²) in [5.41, 5.74) is 0. The number of urea groups is 1. The van der Waals surface area contributed by atoms with Gasteiger partial charge in [0.2, 0.25) is 5.89 Å². The first-order valence-corrected chi connectivity index (χ1v) is 6.12. The number of ether oxygens (including phenoxy) is 1. The summed E-state index contributed by atoms with van der Waals surface area (Å²) >= 11 is 0. The van der Waals surface area contributed by atoms with Gasteiger partial charge in [-0.15, -0.1) is 0 Å². The lowest BCUT2D eigenvalue weighted by molar-refractivity contribution is -0.142. The normalized spacial score (nSPS) is 11.5. The lowest BCUT2D eigenvalue weighted by Gasteiger charge is -2.14. The van der Waals surface area contributed by atoms with E-state index in [1.807, 2.05) is 0 Å². The van der Waals surface area contributed by atoms with Crippen LogP contribution in [0, 0.1) is 0 Å². The van der Waals surface area contributed by atoms with Crippen molar-refractivity contribution >= 4 is 18.0 Å². The van der Waals surface area contributed by atoms with Gasteiger partial charge in [-0.2, -0.15) is 4.98 Å². The number of amides is 2. The fourth-order valence-electron chi connectivity index (χ4n) is 1.42. The van der Waals surface area contributed by atoms with Crippen LogP contribution in [-0.4, -0.2) is 52.9 Å². The second-order valence-electron chi connectivity index (χ2n) is 3.99.